The SMILES string of the molecule is CC(=O)Oc1ccccc1O.[Zr]. The molecule has 0 atom stereocenters. The van der Waals surface area contributed by atoms with Crippen LogP contribution in [0.25, 0.3) is 0 Å². The van der Waals surface area contributed by atoms with E-state index in [0.717, 1.165) is 0 Å². The van der Waals surface area contributed by atoms with Gasteiger partial charge < -0.3 is 9.84 Å². The number of carbonyl (C=O) groups excluding carboxylic acids is 1. The van der Waals surface area contributed by atoms with Crippen LogP contribution in [0, 0.1) is 0 Å². The molecule has 0 bridgehead atoms. The number of carbonyl (C=O) groups is 1. The van der Waals surface area contributed by atoms with Crippen molar-refractivity contribution >= 4 is 5.97 Å². The zero-order valence-electron chi connectivity index (χ0n) is 6.57. The van der Waals surface area contributed by atoms with Gasteiger partial charge in [-0.05, 0) is 12.1 Å². The van der Waals surface area contributed by atoms with Crippen LogP contribution in [0.5, 0.6) is 11.5 Å². The van der Waals surface area contributed by atoms with Crippen LogP contribution in [0.1, 0.15) is 6.92 Å². The van der Waals surface area contributed by atoms with Crippen molar-refractivity contribution in [1.82, 2.24) is 0 Å². The fourth-order valence-corrected chi connectivity index (χ4v) is 0.698. The third-order valence-electron chi connectivity index (χ3n) is 1.12. The molecule has 0 spiro atoms. The average Bonchev–Trinajstić information content (AvgIpc) is 1.93. The second-order valence-corrected chi connectivity index (χ2v) is 2.06. The molecule has 62 valence electrons. The number of hydrogen-bond donors (Lipinski definition) is 1. The van der Waals surface area contributed by atoms with E-state index in [-0.39, 0.29) is 37.7 Å². The Labute approximate surface area is 89.5 Å². The molecule has 1 rings (SSSR count). The number of hydrogen-bond acceptors (Lipinski definition) is 3. The molecule has 12 heavy (non-hydrogen) atoms. The molecule has 1 aromatic carbocycles. The Balaban J connectivity index is 0.00000121. The van der Waals surface area contributed by atoms with Gasteiger partial charge in [0.1, 0.15) is 0 Å². The molecule has 0 amide bonds. The molecule has 1 N–H and O–H groups in total. The number of phenolic OH excluding ortho intramolecular Hbond substituents is 1. The van der Waals surface area contributed by atoms with E-state index in [1.165, 1.54) is 19.1 Å². The van der Waals surface area contributed by atoms with Crippen LogP contribution in [0.15, 0.2) is 24.3 Å². The van der Waals surface area contributed by atoms with Crippen molar-refractivity contribution in [2.45, 2.75) is 6.92 Å². The minimum absolute atomic E-state index is 0. The maximum Gasteiger partial charge on any atom is 0.308 e. The third-order valence-corrected chi connectivity index (χ3v) is 1.12. The summed E-state index contributed by atoms with van der Waals surface area (Å²) in [5.41, 5.74) is 0. The van der Waals surface area contributed by atoms with Gasteiger partial charge in [0.15, 0.2) is 11.5 Å². The van der Waals surface area contributed by atoms with Gasteiger partial charge in [0.25, 0.3) is 0 Å². The molecule has 0 aliphatic rings. The van der Waals surface area contributed by atoms with E-state index in [0.29, 0.717) is 0 Å². The monoisotopic (exact) mass is 242 g/mol. The minimum Gasteiger partial charge on any atom is -0.504 e. The number of benzene rings is 1. The van der Waals surface area contributed by atoms with Gasteiger partial charge in [-0.15, -0.1) is 0 Å². The van der Waals surface area contributed by atoms with E-state index in [2.05, 4.69) is 4.74 Å². The molecule has 0 radical (unpaired) electrons. The number of rotatable bonds is 1. The number of phenols is 1. The summed E-state index contributed by atoms with van der Waals surface area (Å²) in [6.45, 7) is 1.28. The second kappa shape index (κ2) is 5.10. The van der Waals surface area contributed by atoms with Gasteiger partial charge in [-0.1, -0.05) is 12.1 Å². The average molecular weight is 243 g/mol. The summed E-state index contributed by atoms with van der Waals surface area (Å²) in [4.78, 5) is 10.4. The maximum absolute atomic E-state index is 10.4. The quantitative estimate of drug-likeness (QED) is 0.597. The smallest absolute Gasteiger partial charge is 0.308 e. The summed E-state index contributed by atoms with van der Waals surface area (Å²) < 4.78 is 4.66. The van der Waals surface area contributed by atoms with Crippen molar-refractivity contribution in [3.63, 3.8) is 0 Å². The Morgan fingerprint density at radius 3 is 2.50 bits per heavy atom. The molecular weight excluding hydrogens is 235 g/mol. The van der Waals surface area contributed by atoms with Crippen LogP contribution in [0.2, 0.25) is 0 Å². The van der Waals surface area contributed by atoms with E-state index >= 15 is 0 Å². The van der Waals surface area contributed by atoms with Crippen LogP contribution in [0.4, 0.5) is 0 Å². The van der Waals surface area contributed by atoms with Gasteiger partial charge in [-0.2, -0.15) is 0 Å². The molecule has 0 aliphatic carbocycles. The normalized spacial score (nSPS) is 8.42. The van der Waals surface area contributed by atoms with Crippen molar-refractivity contribution in [1.29, 1.82) is 0 Å². The van der Waals surface area contributed by atoms with E-state index in [9.17, 15) is 4.79 Å². The van der Waals surface area contributed by atoms with Crippen LogP contribution in [-0.4, -0.2) is 11.1 Å². The van der Waals surface area contributed by atoms with E-state index in [1.807, 2.05) is 0 Å². The summed E-state index contributed by atoms with van der Waals surface area (Å²) >= 11 is 0. The third kappa shape index (κ3) is 3.18. The summed E-state index contributed by atoms with van der Waals surface area (Å²) in [7, 11) is 0. The largest absolute Gasteiger partial charge is 0.504 e. The van der Waals surface area contributed by atoms with Crippen molar-refractivity contribution in [3.05, 3.63) is 24.3 Å². The minimum atomic E-state index is -0.438. The first-order valence-corrected chi connectivity index (χ1v) is 3.16. The molecule has 0 heterocycles. The predicted molar refractivity (Wildman–Crippen MR) is 39.4 cm³/mol. The van der Waals surface area contributed by atoms with E-state index in [4.69, 9.17) is 5.11 Å². The first kappa shape index (κ1) is 11.4. The van der Waals surface area contributed by atoms with Crippen LogP contribution in [-0.2, 0) is 31.0 Å². The van der Waals surface area contributed by atoms with Gasteiger partial charge in [0, 0.05) is 33.1 Å². The molecule has 0 saturated carbocycles. The summed E-state index contributed by atoms with van der Waals surface area (Å²) in [5.74, 6) is -0.269. The molecule has 0 saturated heterocycles. The van der Waals surface area contributed by atoms with Gasteiger partial charge in [-0.3, -0.25) is 4.79 Å². The second-order valence-electron chi connectivity index (χ2n) is 2.06. The number of esters is 1. The topological polar surface area (TPSA) is 46.5 Å². The Morgan fingerprint density at radius 2 is 2.00 bits per heavy atom. The molecule has 0 aliphatic heterocycles. The number of ether oxygens (including phenoxy) is 1. The zero-order valence-corrected chi connectivity index (χ0v) is 9.03. The molecular formula is C8H8O3Zr. The summed E-state index contributed by atoms with van der Waals surface area (Å²) in [5, 5.41) is 9.08. The molecule has 4 heteroatoms. The van der Waals surface area contributed by atoms with Crippen molar-refractivity contribution in [2.24, 2.45) is 0 Å². The first-order chi connectivity index (χ1) is 5.20. The van der Waals surface area contributed by atoms with Crippen LogP contribution in [0.3, 0.4) is 0 Å². The standard InChI is InChI=1S/C8H8O3.Zr/c1-6(9)11-8-5-3-2-4-7(8)10;/h2-5,10H,1H3;. The Bertz CT molecular complexity index is 273. The van der Waals surface area contributed by atoms with Gasteiger partial charge in [0.05, 0.1) is 0 Å². The fraction of sp³-hybridized carbons (Fsp3) is 0.125. The maximum atomic E-state index is 10.4. The predicted octanol–water partition coefficient (Wildman–Crippen LogP) is 1.31. The number of para-hydroxylation sites is 2. The Kier molecular flexibility index (Phi) is 4.83. The Morgan fingerprint density at radius 1 is 1.42 bits per heavy atom. The molecule has 3 nitrogen and oxygen atoms in total. The van der Waals surface area contributed by atoms with Crippen molar-refractivity contribution in [2.75, 3.05) is 0 Å². The van der Waals surface area contributed by atoms with E-state index < -0.39 is 5.97 Å². The molecule has 0 fully saturated rings. The van der Waals surface area contributed by atoms with Gasteiger partial charge in [0.2, 0.25) is 0 Å². The fourth-order valence-electron chi connectivity index (χ4n) is 0.698. The summed E-state index contributed by atoms with van der Waals surface area (Å²) in [6, 6.07) is 6.31. The van der Waals surface area contributed by atoms with Crippen molar-refractivity contribution in [3.8, 4) is 11.5 Å². The summed E-state index contributed by atoms with van der Waals surface area (Å²) in [6.07, 6.45) is 0. The van der Waals surface area contributed by atoms with Crippen molar-refractivity contribution < 1.29 is 40.8 Å². The number of aromatic hydroxyl groups is 1. The molecule has 0 unspecified atom stereocenters. The van der Waals surface area contributed by atoms with Crippen LogP contribution >= 0.6 is 0 Å². The van der Waals surface area contributed by atoms with Gasteiger partial charge in [-0.25, -0.2) is 0 Å². The van der Waals surface area contributed by atoms with Crippen LogP contribution < -0.4 is 4.74 Å². The Hall–Kier alpha value is -0.627. The zero-order chi connectivity index (χ0) is 8.27. The van der Waals surface area contributed by atoms with E-state index in [1.54, 1.807) is 12.1 Å². The molecule has 1 aromatic rings. The molecule has 0 aromatic heterocycles. The van der Waals surface area contributed by atoms with Gasteiger partial charge >= 0.3 is 5.97 Å². The first-order valence-electron chi connectivity index (χ1n) is 3.16.